The molecule has 0 aliphatic carbocycles. The minimum absolute atomic E-state index is 0.207. The summed E-state index contributed by atoms with van der Waals surface area (Å²) in [6.07, 6.45) is 5.60. The predicted molar refractivity (Wildman–Crippen MR) is 114 cm³/mol. The van der Waals surface area contributed by atoms with Crippen molar-refractivity contribution in [3.8, 4) is 0 Å². The second kappa shape index (κ2) is 9.66. The van der Waals surface area contributed by atoms with E-state index in [1.54, 1.807) is 6.20 Å². The smallest absolute Gasteiger partial charge is 0.319 e. The van der Waals surface area contributed by atoms with Crippen molar-refractivity contribution in [3.63, 3.8) is 0 Å². The van der Waals surface area contributed by atoms with Gasteiger partial charge >= 0.3 is 6.03 Å². The third kappa shape index (κ3) is 5.17. The third-order valence-corrected chi connectivity index (χ3v) is 4.56. The number of anilines is 1. The van der Waals surface area contributed by atoms with Crippen molar-refractivity contribution in [3.05, 3.63) is 54.0 Å². The van der Waals surface area contributed by atoms with Gasteiger partial charge in [0.05, 0.1) is 16.9 Å². The van der Waals surface area contributed by atoms with Crippen molar-refractivity contribution >= 4 is 34.8 Å². The lowest BCUT2D eigenvalue weighted by Crippen LogP contribution is -2.36. The van der Waals surface area contributed by atoms with Crippen molar-refractivity contribution in [1.82, 2.24) is 25.4 Å². The number of H-pyrrole nitrogens is 1. The zero-order valence-electron chi connectivity index (χ0n) is 16.3. The number of fused-ring (bicyclic) bond motifs is 1. The molecule has 7 heteroatoms. The number of hydrogen-bond acceptors (Lipinski definition) is 4. The maximum Gasteiger partial charge on any atom is 0.319 e. The summed E-state index contributed by atoms with van der Waals surface area (Å²) in [5.41, 5.74) is 3.28. The largest absolute Gasteiger partial charge is 0.337 e. The predicted octanol–water partition coefficient (Wildman–Crippen LogP) is 3.59. The summed E-state index contributed by atoms with van der Waals surface area (Å²) in [5.74, 6) is 0. The molecule has 0 spiro atoms. The fourth-order valence-corrected chi connectivity index (χ4v) is 2.93. The number of urea groups is 1. The van der Waals surface area contributed by atoms with Gasteiger partial charge in [0.25, 0.3) is 0 Å². The zero-order chi connectivity index (χ0) is 19.8. The molecule has 0 bridgehead atoms. The SMILES string of the molecule is CCN(CC)CCNC(=O)Nc1ccc2c(/C=C/c3ccccn3)n[nH]c2c1. The number of aromatic nitrogens is 3. The van der Waals surface area contributed by atoms with Gasteiger partial charge in [-0.1, -0.05) is 19.9 Å². The van der Waals surface area contributed by atoms with Crippen LogP contribution in [0.15, 0.2) is 42.6 Å². The second-order valence-electron chi connectivity index (χ2n) is 6.36. The molecule has 28 heavy (non-hydrogen) atoms. The molecule has 0 aliphatic heterocycles. The van der Waals surface area contributed by atoms with Crippen LogP contribution in [0, 0.1) is 0 Å². The van der Waals surface area contributed by atoms with Gasteiger partial charge in [-0.2, -0.15) is 5.10 Å². The van der Waals surface area contributed by atoms with Crippen molar-refractivity contribution in [2.75, 3.05) is 31.5 Å². The molecule has 7 nitrogen and oxygen atoms in total. The average molecular weight is 378 g/mol. The lowest BCUT2D eigenvalue weighted by atomic mass is 10.1. The molecular weight excluding hydrogens is 352 g/mol. The summed E-state index contributed by atoms with van der Waals surface area (Å²) in [6, 6.07) is 11.3. The monoisotopic (exact) mass is 378 g/mol. The molecule has 2 heterocycles. The van der Waals surface area contributed by atoms with Crippen LogP contribution in [0.1, 0.15) is 25.2 Å². The first-order valence-electron chi connectivity index (χ1n) is 9.54. The van der Waals surface area contributed by atoms with E-state index in [4.69, 9.17) is 0 Å². The highest BCUT2D eigenvalue weighted by atomic mass is 16.2. The van der Waals surface area contributed by atoms with Crippen LogP contribution in [0.4, 0.5) is 10.5 Å². The van der Waals surface area contributed by atoms with E-state index in [2.05, 4.69) is 44.6 Å². The van der Waals surface area contributed by atoms with E-state index in [-0.39, 0.29) is 6.03 Å². The van der Waals surface area contributed by atoms with E-state index in [0.717, 1.165) is 47.6 Å². The normalized spacial score (nSPS) is 11.4. The summed E-state index contributed by atoms with van der Waals surface area (Å²) < 4.78 is 0. The van der Waals surface area contributed by atoms with Gasteiger partial charge in [0.1, 0.15) is 0 Å². The number of aromatic amines is 1. The van der Waals surface area contributed by atoms with Crippen LogP contribution >= 0.6 is 0 Å². The lowest BCUT2D eigenvalue weighted by molar-refractivity contribution is 0.248. The third-order valence-electron chi connectivity index (χ3n) is 4.56. The molecule has 146 valence electrons. The molecule has 0 aliphatic rings. The number of nitrogens with one attached hydrogen (secondary N) is 3. The van der Waals surface area contributed by atoms with E-state index in [1.807, 2.05) is 48.6 Å². The van der Waals surface area contributed by atoms with Crippen LogP contribution in [0.3, 0.4) is 0 Å². The van der Waals surface area contributed by atoms with Gasteiger partial charge in [-0.05, 0) is 55.6 Å². The van der Waals surface area contributed by atoms with Crippen molar-refractivity contribution in [2.24, 2.45) is 0 Å². The van der Waals surface area contributed by atoms with Crippen LogP contribution < -0.4 is 10.6 Å². The number of amides is 2. The number of carbonyl (C=O) groups is 1. The highest BCUT2D eigenvalue weighted by molar-refractivity contribution is 5.95. The average Bonchev–Trinajstić information content (AvgIpc) is 3.12. The van der Waals surface area contributed by atoms with Crippen LogP contribution in [0.25, 0.3) is 23.1 Å². The molecule has 2 aromatic heterocycles. The van der Waals surface area contributed by atoms with Gasteiger partial charge in [-0.15, -0.1) is 0 Å². The Labute approximate surface area is 164 Å². The minimum atomic E-state index is -0.207. The lowest BCUT2D eigenvalue weighted by Gasteiger charge is -2.18. The molecule has 2 amide bonds. The summed E-state index contributed by atoms with van der Waals surface area (Å²) in [6.45, 7) is 7.64. The van der Waals surface area contributed by atoms with Crippen molar-refractivity contribution in [2.45, 2.75) is 13.8 Å². The molecule has 0 atom stereocenters. The maximum absolute atomic E-state index is 12.1. The molecule has 3 aromatic rings. The van der Waals surface area contributed by atoms with Gasteiger partial charge in [-0.25, -0.2) is 4.79 Å². The minimum Gasteiger partial charge on any atom is -0.337 e. The summed E-state index contributed by atoms with van der Waals surface area (Å²) in [7, 11) is 0. The topological polar surface area (TPSA) is 85.9 Å². The molecular formula is C21H26N6O. The van der Waals surface area contributed by atoms with Crippen LogP contribution in [-0.4, -0.2) is 52.3 Å². The Hall–Kier alpha value is -3.19. The van der Waals surface area contributed by atoms with Gasteiger partial charge in [0.15, 0.2) is 0 Å². The number of likely N-dealkylation sites (N-methyl/N-ethyl adjacent to an activating group) is 1. The van der Waals surface area contributed by atoms with Crippen molar-refractivity contribution in [1.29, 1.82) is 0 Å². The molecule has 0 saturated heterocycles. The van der Waals surface area contributed by atoms with Crippen molar-refractivity contribution < 1.29 is 4.79 Å². The van der Waals surface area contributed by atoms with E-state index >= 15 is 0 Å². The molecule has 3 N–H and O–H groups in total. The maximum atomic E-state index is 12.1. The van der Waals surface area contributed by atoms with Gasteiger partial charge in [-0.3, -0.25) is 10.1 Å². The van der Waals surface area contributed by atoms with E-state index in [0.29, 0.717) is 6.54 Å². The Morgan fingerprint density at radius 2 is 2.04 bits per heavy atom. The Balaban J connectivity index is 1.60. The number of hydrogen-bond donors (Lipinski definition) is 3. The van der Waals surface area contributed by atoms with Crippen LogP contribution in [-0.2, 0) is 0 Å². The number of carbonyl (C=O) groups excluding carboxylic acids is 1. The highest BCUT2D eigenvalue weighted by Gasteiger charge is 2.07. The fourth-order valence-electron chi connectivity index (χ4n) is 2.93. The van der Waals surface area contributed by atoms with Gasteiger partial charge in [0, 0.05) is 30.4 Å². The number of nitrogens with zero attached hydrogens (tertiary/aromatic N) is 3. The summed E-state index contributed by atoms with van der Waals surface area (Å²) >= 11 is 0. The van der Waals surface area contributed by atoms with E-state index < -0.39 is 0 Å². The fraction of sp³-hybridized carbons (Fsp3) is 0.286. The molecule has 0 radical (unpaired) electrons. The first-order valence-corrected chi connectivity index (χ1v) is 9.54. The first-order chi connectivity index (χ1) is 13.7. The number of benzene rings is 1. The van der Waals surface area contributed by atoms with E-state index in [9.17, 15) is 4.79 Å². The quantitative estimate of drug-likeness (QED) is 0.559. The van der Waals surface area contributed by atoms with Crippen LogP contribution in [0.5, 0.6) is 0 Å². The van der Waals surface area contributed by atoms with Gasteiger partial charge < -0.3 is 15.5 Å². The summed E-state index contributed by atoms with van der Waals surface area (Å²) in [4.78, 5) is 18.6. The molecule has 1 aromatic carbocycles. The Kier molecular flexibility index (Phi) is 6.75. The number of rotatable bonds is 8. The van der Waals surface area contributed by atoms with E-state index in [1.165, 1.54) is 0 Å². The van der Waals surface area contributed by atoms with Crippen LogP contribution in [0.2, 0.25) is 0 Å². The molecule has 0 fully saturated rings. The molecule has 0 unspecified atom stereocenters. The Bertz CT molecular complexity index is 930. The first kappa shape index (κ1) is 19.6. The second-order valence-corrected chi connectivity index (χ2v) is 6.36. The Morgan fingerprint density at radius 1 is 1.18 bits per heavy atom. The zero-order valence-corrected chi connectivity index (χ0v) is 16.3. The number of pyridine rings is 1. The highest BCUT2D eigenvalue weighted by Crippen LogP contribution is 2.21. The molecule has 0 saturated carbocycles. The standard InChI is InChI=1S/C21H26N6O/c1-3-27(4-2)14-13-23-21(28)24-17-8-10-18-19(25-26-20(18)15-17)11-9-16-7-5-6-12-22-16/h5-12,15H,3-4,13-14H2,1-2H3,(H,25,26)(H2,23,24,28)/b11-9+. The van der Waals surface area contributed by atoms with Gasteiger partial charge in [0.2, 0.25) is 0 Å². The summed E-state index contributed by atoms with van der Waals surface area (Å²) in [5, 5.41) is 14.1. The Morgan fingerprint density at radius 3 is 2.79 bits per heavy atom. The molecule has 3 rings (SSSR count).